The average Bonchev–Trinajstić information content (AvgIpc) is 3.27. The number of para-hydroxylation sites is 1. The molecule has 43 heavy (non-hydrogen) atoms. The number of aromatic nitrogens is 3. The van der Waals surface area contributed by atoms with Crippen molar-refractivity contribution in [1.82, 2.24) is 19.9 Å². The molecule has 5 rings (SSSR count). The van der Waals surface area contributed by atoms with Crippen LogP contribution >= 0.6 is 0 Å². The molecule has 224 valence electrons. The summed E-state index contributed by atoms with van der Waals surface area (Å²) in [6.07, 6.45) is 2.94. The lowest BCUT2D eigenvalue weighted by Crippen LogP contribution is -2.43. The number of hydrogen-bond acceptors (Lipinski definition) is 6. The Morgan fingerprint density at radius 2 is 1.58 bits per heavy atom. The molecular formula is C35H44N6OSi. The zero-order valence-electron chi connectivity index (χ0n) is 26.3. The summed E-state index contributed by atoms with van der Waals surface area (Å²) in [5.41, 5.74) is 9.18. The van der Waals surface area contributed by atoms with E-state index in [0.717, 1.165) is 49.4 Å². The third-order valence-corrected chi connectivity index (χ3v) is 15.2. The van der Waals surface area contributed by atoms with Gasteiger partial charge in [-0.15, -0.1) is 5.54 Å². The van der Waals surface area contributed by atoms with Crippen molar-refractivity contribution < 1.29 is 0 Å². The van der Waals surface area contributed by atoms with Crippen LogP contribution in [0, 0.1) is 11.5 Å². The first-order valence-corrected chi connectivity index (χ1v) is 17.8. The molecule has 1 aliphatic rings. The summed E-state index contributed by atoms with van der Waals surface area (Å²) < 4.78 is 1.65. The van der Waals surface area contributed by atoms with Gasteiger partial charge < -0.3 is 15.5 Å². The quantitative estimate of drug-likeness (QED) is 0.180. The minimum absolute atomic E-state index is 0.158. The molecule has 8 heteroatoms. The van der Waals surface area contributed by atoms with Gasteiger partial charge in [0, 0.05) is 48.8 Å². The van der Waals surface area contributed by atoms with Crippen molar-refractivity contribution in [3.05, 3.63) is 82.8 Å². The Kier molecular flexibility index (Phi) is 9.33. The molecule has 2 aromatic heterocycles. The predicted octanol–water partition coefficient (Wildman–Crippen LogP) is 6.89. The van der Waals surface area contributed by atoms with Crippen LogP contribution in [0.4, 0.5) is 17.3 Å². The second-order valence-corrected chi connectivity index (χ2v) is 18.0. The Labute approximate surface area is 256 Å². The van der Waals surface area contributed by atoms with Crippen molar-refractivity contribution in [3.8, 4) is 17.2 Å². The van der Waals surface area contributed by atoms with E-state index in [1.54, 1.807) is 16.8 Å². The van der Waals surface area contributed by atoms with Crippen LogP contribution in [0.25, 0.3) is 16.7 Å². The van der Waals surface area contributed by atoms with Crippen LogP contribution < -0.4 is 21.1 Å². The minimum Gasteiger partial charge on any atom is -0.370 e. The van der Waals surface area contributed by atoms with Gasteiger partial charge in [0.2, 0.25) is 5.95 Å². The molecule has 2 N–H and O–H groups in total. The molecule has 1 aliphatic heterocycles. The largest absolute Gasteiger partial charge is 0.370 e. The van der Waals surface area contributed by atoms with Gasteiger partial charge >= 0.3 is 0 Å². The monoisotopic (exact) mass is 592 g/mol. The Morgan fingerprint density at radius 3 is 2.26 bits per heavy atom. The maximum Gasteiger partial charge on any atom is 0.258 e. The Hall–Kier alpha value is -3.93. The number of fused-ring (bicyclic) bond motifs is 1. The van der Waals surface area contributed by atoms with Gasteiger partial charge in [0.1, 0.15) is 8.07 Å². The SMILES string of the molecule is CC(C)[Si](C#Cc1cc(=O)n(-c2ccccc2)c2nc(Nc3ccc(N4CCCNCC4)cc3)ncc12)(C(C)C)C(C)C. The van der Waals surface area contributed by atoms with E-state index >= 15 is 0 Å². The summed E-state index contributed by atoms with van der Waals surface area (Å²) in [5, 5.41) is 7.59. The van der Waals surface area contributed by atoms with E-state index in [1.807, 2.05) is 30.3 Å². The van der Waals surface area contributed by atoms with Crippen LogP contribution in [0.5, 0.6) is 0 Å². The van der Waals surface area contributed by atoms with Gasteiger partial charge in [0.15, 0.2) is 5.65 Å². The number of hydrogen-bond donors (Lipinski definition) is 2. The van der Waals surface area contributed by atoms with E-state index in [4.69, 9.17) is 4.98 Å². The molecule has 0 saturated carbocycles. The molecular weight excluding hydrogens is 549 g/mol. The third-order valence-electron chi connectivity index (χ3n) is 8.88. The smallest absolute Gasteiger partial charge is 0.258 e. The summed E-state index contributed by atoms with van der Waals surface area (Å²) in [6.45, 7) is 17.9. The maximum atomic E-state index is 13.7. The Balaban J connectivity index is 1.57. The fourth-order valence-corrected chi connectivity index (χ4v) is 11.9. The molecule has 0 amide bonds. The molecule has 1 saturated heterocycles. The normalized spacial score (nSPS) is 14.2. The topological polar surface area (TPSA) is 75.1 Å². The van der Waals surface area contributed by atoms with Crippen LogP contribution in [0.3, 0.4) is 0 Å². The van der Waals surface area contributed by atoms with Crippen molar-refractivity contribution in [2.45, 2.75) is 64.6 Å². The van der Waals surface area contributed by atoms with Crippen LogP contribution in [0.2, 0.25) is 16.6 Å². The van der Waals surface area contributed by atoms with Crippen LogP contribution in [-0.2, 0) is 0 Å². The van der Waals surface area contributed by atoms with Crippen molar-refractivity contribution in [2.75, 3.05) is 36.4 Å². The highest BCUT2D eigenvalue weighted by Crippen LogP contribution is 2.41. The molecule has 0 radical (unpaired) electrons. The number of nitrogens with one attached hydrogen (secondary N) is 2. The molecule has 0 aliphatic carbocycles. The van der Waals surface area contributed by atoms with Crippen molar-refractivity contribution in [2.24, 2.45) is 0 Å². The highest BCUT2D eigenvalue weighted by molar-refractivity contribution is 6.90. The van der Waals surface area contributed by atoms with E-state index in [2.05, 4.69) is 97.8 Å². The number of pyridine rings is 1. The first kappa shape index (κ1) is 30.5. The van der Waals surface area contributed by atoms with Gasteiger partial charge in [0.05, 0.1) is 11.1 Å². The van der Waals surface area contributed by atoms with Crippen molar-refractivity contribution >= 4 is 36.4 Å². The van der Waals surface area contributed by atoms with Crippen LogP contribution in [-0.4, -0.2) is 48.8 Å². The lowest BCUT2D eigenvalue weighted by molar-refractivity contribution is 0.724. The minimum atomic E-state index is -2.00. The first-order valence-electron chi connectivity index (χ1n) is 15.5. The second kappa shape index (κ2) is 13.1. The van der Waals surface area contributed by atoms with Gasteiger partial charge in [-0.25, -0.2) is 4.98 Å². The summed E-state index contributed by atoms with van der Waals surface area (Å²) >= 11 is 0. The molecule has 2 aromatic carbocycles. The number of anilines is 3. The summed E-state index contributed by atoms with van der Waals surface area (Å²) in [7, 11) is -2.00. The number of rotatable bonds is 7. The number of nitrogens with zero attached hydrogens (tertiary/aromatic N) is 4. The number of benzene rings is 2. The van der Waals surface area contributed by atoms with Gasteiger partial charge in [-0.3, -0.25) is 9.36 Å². The fourth-order valence-electron chi connectivity index (χ4n) is 6.69. The van der Waals surface area contributed by atoms with Crippen LogP contribution in [0.15, 0.2) is 71.7 Å². The Bertz CT molecular complexity index is 1640. The fraction of sp³-hybridized carbons (Fsp3) is 0.400. The predicted molar refractivity (Wildman–Crippen MR) is 182 cm³/mol. The summed E-state index contributed by atoms with van der Waals surface area (Å²) in [5.74, 6) is 3.93. The molecule has 1 fully saturated rings. The molecule has 3 heterocycles. The summed E-state index contributed by atoms with van der Waals surface area (Å²) in [6, 6.07) is 19.7. The lowest BCUT2D eigenvalue weighted by Gasteiger charge is -2.38. The molecule has 4 aromatic rings. The third kappa shape index (κ3) is 6.38. The van der Waals surface area contributed by atoms with E-state index in [0.29, 0.717) is 33.8 Å². The van der Waals surface area contributed by atoms with E-state index in [-0.39, 0.29) is 5.56 Å². The first-order chi connectivity index (χ1) is 20.7. The zero-order valence-corrected chi connectivity index (χ0v) is 27.3. The maximum absolute atomic E-state index is 13.7. The molecule has 0 atom stereocenters. The van der Waals surface area contributed by atoms with Gasteiger partial charge in [-0.2, -0.15) is 4.98 Å². The summed E-state index contributed by atoms with van der Waals surface area (Å²) in [4.78, 5) is 25.7. The second-order valence-electron chi connectivity index (χ2n) is 12.4. The molecule has 0 bridgehead atoms. The molecule has 7 nitrogen and oxygen atoms in total. The zero-order chi connectivity index (χ0) is 30.6. The van der Waals surface area contributed by atoms with Gasteiger partial charge in [-0.05, 0) is 66.0 Å². The molecule has 0 spiro atoms. The van der Waals surface area contributed by atoms with Crippen molar-refractivity contribution in [3.63, 3.8) is 0 Å². The lowest BCUT2D eigenvalue weighted by atomic mass is 10.2. The van der Waals surface area contributed by atoms with E-state index in [1.165, 1.54) is 5.69 Å². The van der Waals surface area contributed by atoms with E-state index < -0.39 is 8.07 Å². The van der Waals surface area contributed by atoms with Gasteiger partial charge in [0.25, 0.3) is 5.56 Å². The molecule has 0 unspecified atom stereocenters. The standard InChI is InChI=1S/C35H44N6OSi/c1-25(2)43(26(3)4,27(5)6)22-17-28-23-33(42)41(31-11-8-7-9-12-31)34-32(28)24-37-35(39-34)38-29-13-15-30(16-14-29)40-20-10-18-36-19-21-40/h7-9,11-16,23-27,36H,10,18-21H2,1-6H3,(H,37,38,39). The van der Waals surface area contributed by atoms with Crippen LogP contribution in [0.1, 0.15) is 53.5 Å². The Morgan fingerprint density at radius 1 is 0.884 bits per heavy atom. The highest BCUT2D eigenvalue weighted by atomic mass is 28.3. The van der Waals surface area contributed by atoms with E-state index in [9.17, 15) is 4.79 Å². The van der Waals surface area contributed by atoms with Gasteiger partial charge in [-0.1, -0.05) is 65.7 Å². The average molecular weight is 593 g/mol. The highest BCUT2D eigenvalue weighted by Gasteiger charge is 2.41. The van der Waals surface area contributed by atoms with Crippen molar-refractivity contribution in [1.29, 1.82) is 0 Å².